The average Bonchev–Trinajstić information content (AvgIpc) is 2.47. The number of pyridine rings is 2. The lowest BCUT2D eigenvalue weighted by Gasteiger charge is -2.07. The second-order valence-corrected chi connectivity index (χ2v) is 4.47. The summed E-state index contributed by atoms with van der Waals surface area (Å²) in [6, 6.07) is 11.6. The molecule has 0 atom stereocenters. The standard InChI is InChI=1S/C15H13N3O2/c19-14(20)7-9-17-13-6-4-10-3-5-12-11(15(10)18-13)2-1-8-16-12/h1-6,8H,7,9H2,(H,17,18)(H,19,20). The molecule has 2 aromatic heterocycles. The number of aliphatic carboxylic acids is 1. The molecule has 0 aliphatic heterocycles. The highest BCUT2D eigenvalue weighted by atomic mass is 16.4. The van der Waals surface area contributed by atoms with Gasteiger partial charge in [0.1, 0.15) is 5.82 Å². The number of carboxylic acids is 1. The van der Waals surface area contributed by atoms with E-state index in [1.807, 2.05) is 36.4 Å². The summed E-state index contributed by atoms with van der Waals surface area (Å²) in [5.74, 6) is -0.150. The monoisotopic (exact) mass is 267 g/mol. The van der Waals surface area contributed by atoms with E-state index < -0.39 is 5.97 Å². The highest BCUT2D eigenvalue weighted by Gasteiger charge is 2.04. The van der Waals surface area contributed by atoms with Gasteiger partial charge in [-0.05, 0) is 30.3 Å². The van der Waals surface area contributed by atoms with Crippen LogP contribution in [0.3, 0.4) is 0 Å². The minimum absolute atomic E-state index is 0.0663. The zero-order valence-electron chi connectivity index (χ0n) is 10.7. The van der Waals surface area contributed by atoms with Gasteiger partial charge in [-0.2, -0.15) is 0 Å². The predicted octanol–water partition coefficient (Wildman–Crippen LogP) is 2.67. The van der Waals surface area contributed by atoms with Crippen LogP contribution in [0, 0.1) is 0 Å². The van der Waals surface area contributed by atoms with E-state index in [2.05, 4.69) is 15.3 Å². The Balaban J connectivity index is 2.00. The van der Waals surface area contributed by atoms with Crippen molar-refractivity contribution in [3.8, 4) is 0 Å². The van der Waals surface area contributed by atoms with Crippen LogP contribution in [0.15, 0.2) is 42.6 Å². The highest BCUT2D eigenvalue weighted by molar-refractivity contribution is 6.04. The molecule has 3 aromatic rings. The molecule has 5 heteroatoms. The van der Waals surface area contributed by atoms with E-state index in [1.165, 1.54) is 0 Å². The van der Waals surface area contributed by atoms with Crippen LogP contribution in [0.4, 0.5) is 5.82 Å². The first-order valence-electron chi connectivity index (χ1n) is 6.34. The van der Waals surface area contributed by atoms with E-state index in [-0.39, 0.29) is 6.42 Å². The largest absolute Gasteiger partial charge is 0.481 e. The summed E-state index contributed by atoms with van der Waals surface area (Å²) in [7, 11) is 0. The predicted molar refractivity (Wildman–Crippen MR) is 77.8 cm³/mol. The van der Waals surface area contributed by atoms with Crippen LogP contribution in [-0.4, -0.2) is 27.6 Å². The number of fused-ring (bicyclic) bond motifs is 3. The first kappa shape index (κ1) is 12.3. The minimum Gasteiger partial charge on any atom is -0.481 e. The second-order valence-electron chi connectivity index (χ2n) is 4.47. The third-order valence-electron chi connectivity index (χ3n) is 3.09. The number of carbonyl (C=O) groups is 1. The molecule has 0 unspecified atom stereocenters. The summed E-state index contributed by atoms with van der Waals surface area (Å²) in [6.07, 6.45) is 1.82. The summed E-state index contributed by atoms with van der Waals surface area (Å²) < 4.78 is 0. The Morgan fingerprint density at radius 2 is 2.05 bits per heavy atom. The lowest BCUT2D eigenvalue weighted by Crippen LogP contribution is -2.08. The molecule has 100 valence electrons. The van der Waals surface area contributed by atoms with Gasteiger partial charge in [-0.3, -0.25) is 9.78 Å². The van der Waals surface area contributed by atoms with Crippen molar-refractivity contribution >= 4 is 33.6 Å². The van der Waals surface area contributed by atoms with Crippen molar-refractivity contribution < 1.29 is 9.90 Å². The molecule has 0 saturated heterocycles. The average molecular weight is 267 g/mol. The summed E-state index contributed by atoms with van der Waals surface area (Å²) in [4.78, 5) is 19.4. The topological polar surface area (TPSA) is 75.1 Å². The maximum atomic E-state index is 10.5. The first-order chi connectivity index (χ1) is 9.74. The second kappa shape index (κ2) is 5.13. The first-order valence-corrected chi connectivity index (χ1v) is 6.34. The van der Waals surface area contributed by atoms with E-state index in [0.717, 1.165) is 21.8 Å². The van der Waals surface area contributed by atoms with Crippen LogP contribution in [0.25, 0.3) is 21.8 Å². The van der Waals surface area contributed by atoms with Crippen molar-refractivity contribution in [2.45, 2.75) is 6.42 Å². The fraction of sp³-hybridized carbons (Fsp3) is 0.133. The van der Waals surface area contributed by atoms with E-state index in [4.69, 9.17) is 5.11 Å². The van der Waals surface area contributed by atoms with Gasteiger partial charge in [-0.1, -0.05) is 6.07 Å². The number of rotatable bonds is 4. The summed E-state index contributed by atoms with van der Waals surface area (Å²) in [5, 5.41) is 13.7. The molecular formula is C15H13N3O2. The Labute approximate surface area is 115 Å². The molecule has 3 rings (SSSR count). The van der Waals surface area contributed by atoms with Gasteiger partial charge in [0.15, 0.2) is 0 Å². The zero-order valence-corrected chi connectivity index (χ0v) is 10.7. The summed E-state index contributed by atoms with van der Waals surface area (Å²) in [6.45, 7) is 0.358. The highest BCUT2D eigenvalue weighted by Crippen LogP contribution is 2.23. The molecule has 5 nitrogen and oxygen atoms in total. The molecule has 0 amide bonds. The van der Waals surface area contributed by atoms with Crippen LogP contribution in [0.2, 0.25) is 0 Å². The lowest BCUT2D eigenvalue weighted by molar-refractivity contribution is -0.136. The quantitative estimate of drug-likeness (QED) is 0.711. The van der Waals surface area contributed by atoms with E-state index in [1.54, 1.807) is 6.20 Å². The van der Waals surface area contributed by atoms with Gasteiger partial charge in [-0.25, -0.2) is 4.98 Å². The Kier molecular flexibility index (Phi) is 3.16. The SMILES string of the molecule is O=C(O)CCNc1ccc2ccc3ncccc3c2n1. The maximum absolute atomic E-state index is 10.5. The Bertz CT molecular complexity index is 786. The van der Waals surface area contributed by atoms with Gasteiger partial charge in [0, 0.05) is 23.5 Å². The van der Waals surface area contributed by atoms with Crippen molar-refractivity contribution in [1.82, 2.24) is 9.97 Å². The van der Waals surface area contributed by atoms with Crippen molar-refractivity contribution in [3.05, 3.63) is 42.6 Å². The molecule has 1 aromatic carbocycles. The number of nitrogens with one attached hydrogen (secondary N) is 1. The lowest BCUT2D eigenvalue weighted by atomic mass is 10.1. The van der Waals surface area contributed by atoms with Crippen LogP contribution in [0.5, 0.6) is 0 Å². The Morgan fingerprint density at radius 1 is 1.20 bits per heavy atom. The van der Waals surface area contributed by atoms with Crippen LogP contribution in [0.1, 0.15) is 6.42 Å². The minimum atomic E-state index is -0.826. The van der Waals surface area contributed by atoms with Gasteiger partial charge in [0.25, 0.3) is 0 Å². The molecule has 0 bridgehead atoms. The molecule has 2 heterocycles. The number of hydrogen-bond acceptors (Lipinski definition) is 4. The van der Waals surface area contributed by atoms with Crippen molar-refractivity contribution in [3.63, 3.8) is 0 Å². The smallest absolute Gasteiger partial charge is 0.305 e. The van der Waals surface area contributed by atoms with E-state index >= 15 is 0 Å². The van der Waals surface area contributed by atoms with Crippen molar-refractivity contribution in [2.75, 3.05) is 11.9 Å². The molecular weight excluding hydrogens is 254 g/mol. The Morgan fingerprint density at radius 3 is 2.90 bits per heavy atom. The number of nitrogens with zero attached hydrogens (tertiary/aromatic N) is 2. The van der Waals surface area contributed by atoms with Gasteiger partial charge >= 0.3 is 5.97 Å². The van der Waals surface area contributed by atoms with Crippen molar-refractivity contribution in [2.24, 2.45) is 0 Å². The molecule has 20 heavy (non-hydrogen) atoms. The number of aromatic nitrogens is 2. The van der Waals surface area contributed by atoms with Crippen LogP contribution in [-0.2, 0) is 4.79 Å². The Hall–Kier alpha value is -2.69. The number of hydrogen-bond donors (Lipinski definition) is 2. The van der Waals surface area contributed by atoms with Crippen LogP contribution >= 0.6 is 0 Å². The van der Waals surface area contributed by atoms with Gasteiger partial charge < -0.3 is 10.4 Å². The molecule has 0 fully saturated rings. The molecule has 0 spiro atoms. The normalized spacial score (nSPS) is 10.8. The third kappa shape index (κ3) is 2.38. The summed E-state index contributed by atoms with van der Waals surface area (Å²) in [5.41, 5.74) is 1.77. The van der Waals surface area contributed by atoms with Gasteiger partial charge in [0.2, 0.25) is 0 Å². The number of anilines is 1. The number of carboxylic acid groups (broad SMARTS) is 1. The van der Waals surface area contributed by atoms with Gasteiger partial charge in [0.05, 0.1) is 17.5 Å². The third-order valence-corrected chi connectivity index (χ3v) is 3.09. The van der Waals surface area contributed by atoms with E-state index in [0.29, 0.717) is 12.4 Å². The molecule has 0 saturated carbocycles. The fourth-order valence-electron chi connectivity index (χ4n) is 2.14. The molecule has 2 N–H and O–H groups in total. The van der Waals surface area contributed by atoms with Gasteiger partial charge in [-0.15, -0.1) is 0 Å². The molecule has 0 aliphatic rings. The van der Waals surface area contributed by atoms with Crippen LogP contribution < -0.4 is 5.32 Å². The zero-order chi connectivity index (χ0) is 13.9. The fourth-order valence-corrected chi connectivity index (χ4v) is 2.14. The van der Waals surface area contributed by atoms with E-state index in [9.17, 15) is 4.79 Å². The van der Waals surface area contributed by atoms with Crippen molar-refractivity contribution in [1.29, 1.82) is 0 Å². The molecule has 0 radical (unpaired) electrons. The maximum Gasteiger partial charge on any atom is 0.305 e. The molecule has 0 aliphatic carbocycles. The summed E-state index contributed by atoms with van der Waals surface area (Å²) >= 11 is 0. The number of benzene rings is 1.